The lowest BCUT2D eigenvalue weighted by Gasteiger charge is -2.11. The molecule has 0 saturated carbocycles. The topological polar surface area (TPSA) is 108 Å². The van der Waals surface area contributed by atoms with Gasteiger partial charge in [0, 0.05) is 19.8 Å². The van der Waals surface area contributed by atoms with Crippen LogP contribution in [-0.2, 0) is 16.0 Å². The van der Waals surface area contributed by atoms with Crippen LogP contribution < -0.4 is 10.6 Å². The molecule has 0 bridgehead atoms. The molecule has 2 aromatic rings. The van der Waals surface area contributed by atoms with E-state index in [1.54, 1.807) is 45.3 Å². The van der Waals surface area contributed by atoms with Gasteiger partial charge in [0.25, 0.3) is 5.91 Å². The number of anilines is 2. The number of benzene rings is 1. The molecule has 1 heterocycles. The maximum absolute atomic E-state index is 12.4. The summed E-state index contributed by atoms with van der Waals surface area (Å²) in [5.74, 6) is -1.70. The smallest absolute Gasteiger partial charge is 0.341 e. The molecule has 2 rings (SSSR count). The standard InChI is InChI=1S/C19H21N3O5S2/c1-10-14(18(26)27-4)16(29-15(10)17(25)22(2)3)21-19(28)20-12-7-5-11(6-8-12)9-13(23)24/h5-8H,9H2,1-4H3,(H,23,24)(H2,20,21,28). The van der Waals surface area contributed by atoms with Crippen molar-refractivity contribution >= 4 is 57.2 Å². The Kier molecular flexibility index (Phi) is 7.29. The van der Waals surface area contributed by atoms with Crippen molar-refractivity contribution in [1.82, 2.24) is 4.90 Å². The number of nitrogens with zero attached hydrogens (tertiary/aromatic N) is 1. The van der Waals surface area contributed by atoms with Gasteiger partial charge in [-0.1, -0.05) is 12.1 Å². The highest BCUT2D eigenvalue weighted by molar-refractivity contribution is 7.80. The molecule has 1 aromatic carbocycles. The maximum Gasteiger partial charge on any atom is 0.341 e. The Morgan fingerprint density at radius 2 is 1.79 bits per heavy atom. The van der Waals surface area contributed by atoms with Crippen LogP contribution >= 0.6 is 23.6 Å². The van der Waals surface area contributed by atoms with Crippen LogP contribution in [0, 0.1) is 6.92 Å². The number of hydrogen-bond donors (Lipinski definition) is 3. The summed E-state index contributed by atoms with van der Waals surface area (Å²) in [6.07, 6.45) is -0.0668. The zero-order valence-corrected chi connectivity index (χ0v) is 18.0. The van der Waals surface area contributed by atoms with Crippen molar-refractivity contribution in [3.05, 3.63) is 45.8 Å². The summed E-state index contributed by atoms with van der Waals surface area (Å²) >= 11 is 6.43. The molecule has 154 valence electrons. The number of carboxylic acids is 1. The number of nitrogens with one attached hydrogen (secondary N) is 2. The van der Waals surface area contributed by atoms with Gasteiger partial charge in [0.2, 0.25) is 0 Å². The van der Waals surface area contributed by atoms with Crippen molar-refractivity contribution in [2.45, 2.75) is 13.3 Å². The van der Waals surface area contributed by atoms with E-state index >= 15 is 0 Å². The zero-order chi connectivity index (χ0) is 21.7. The van der Waals surface area contributed by atoms with E-state index in [0.29, 0.717) is 26.7 Å². The SMILES string of the molecule is COC(=O)c1c(NC(=S)Nc2ccc(CC(=O)O)cc2)sc(C(=O)N(C)C)c1C. The summed E-state index contributed by atoms with van der Waals surface area (Å²) in [6, 6.07) is 6.77. The van der Waals surface area contributed by atoms with E-state index < -0.39 is 11.9 Å². The number of esters is 1. The van der Waals surface area contributed by atoms with Gasteiger partial charge in [-0.25, -0.2) is 4.79 Å². The number of aliphatic carboxylic acids is 1. The van der Waals surface area contributed by atoms with Gasteiger partial charge in [-0.05, 0) is 42.4 Å². The lowest BCUT2D eigenvalue weighted by molar-refractivity contribution is -0.136. The van der Waals surface area contributed by atoms with Crippen LogP contribution in [0.25, 0.3) is 0 Å². The minimum absolute atomic E-state index is 0.0668. The molecule has 8 nitrogen and oxygen atoms in total. The number of carboxylic acid groups (broad SMARTS) is 1. The predicted molar refractivity (Wildman–Crippen MR) is 116 cm³/mol. The molecular weight excluding hydrogens is 414 g/mol. The van der Waals surface area contributed by atoms with Gasteiger partial charge in [-0.3, -0.25) is 9.59 Å². The van der Waals surface area contributed by atoms with E-state index in [1.807, 2.05) is 0 Å². The van der Waals surface area contributed by atoms with Crippen LogP contribution in [0.2, 0.25) is 0 Å². The molecular formula is C19H21N3O5S2. The molecule has 29 heavy (non-hydrogen) atoms. The molecule has 1 amide bonds. The molecule has 0 spiro atoms. The van der Waals surface area contributed by atoms with E-state index in [4.69, 9.17) is 22.1 Å². The second-order valence-corrected chi connectivity index (χ2v) is 7.73. The normalized spacial score (nSPS) is 10.2. The first-order chi connectivity index (χ1) is 13.6. The van der Waals surface area contributed by atoms with Gasteiger partial charge in [0.05, 0.1) is 24.0 Å². The number of rotatable bonds is 6. The van der Waals surface area contributed by atoms with Gasteiger partial charge in [-0.15, -0.1) is 11.3 Å². The Morgan fingerprint density at radius 3 is 2.31 bits per heavy atom. The first-order valence-electron chi connectivity index (χ1n) is 8.46. The fourth-order valence-electron chi connectivity index (χ4n) is 2.50. The monoisotopic (exact) mass is 435 g/mol. The van der Waals surface area contributed by atoms with E-state index in [0.717, 1.165) is 11.3 Å². The average molecular weight is 436 g/mol. The number of amides is 1. The van der Waals surface area contributed by atoms with Crippen molar-refractivity contribution in [3.8, 4) is 0 Å². The number of hydrogen-bond acceptors (Lipinski definition) is 6. The number of ether oxygens (including phenoxy) is 1. The minimum Gasteiger partial charge on any atom is -0.481 e. The molecule has 0 unspecified atom stereocenters. The van der Waals surface area contributed by atoms with Crippen molar-refractivity contribution < 1.29 is 24.2 Å². The third-order valence-corrected chi connectivity index (χ3v) is 5.33. The van der Waals surface area contributed by atoms with Crippen molar-refractivity contribution in [1.29, 1.82) is 0 Å². The van der Waals surface area contributed by atoms with Gasteiger partial charge < -0.3 is 25.4 Å². The number of carbonyl (C=O) groups excluding carboxylic acids is 2. The summed E-state index contributed by atoms with van der Waals surface area (Å²) in [6.45, 7) is 1.68. The zero-order valence-electron chi connectivity index (χ0n) is 16.4. The lowest BCUT2D eigenvalue weighted by Crippen LogP contribution is -2.21. The molecule has 0 aliphatic carbocycles. The highest BCUT2D eigenvalue weighted by Crippen LogP contribution is 2.34. The van der Waals surface area contributed by atoms with Crippen LogP contribution in [0.15, 0.2) is 24.3 Å². The quantitative estimate of drug-likeness (QED) is 0.470. The number of thiophene rings is 1. The minimum atomic E-state index is -0.908. The summed E-state index contributed by atoms with van der Waals surface area (Å²) in [7, 11) is 4.53. The van der Waals surface area contributed by atoms with Crippen LogP contribution in [0.5, 0.6) is 0 Å². The van der Waals surface area contributed by atoms with Crippen molar-refractivity contribution in [3.63, 3.8) is 0 Å². The Hall–Kier alpha value is -2.98. The van der Waals surface area contributed by atoms with Crippen LogP contribution in [0.4, 0.5) is 10.7 Å². The Balaban J connectivity index is 2.22. The van der Waals surface area contributed by atoms with Gasteiger partial charge in [-0.2, -0.15) is 0 Å². The molecule has 0 aliphatic rings. The fraction of sp³-hybridized carbons (Fsp3) is 0.263. The molecule has 1 aromatic heterocycles. The molecule has 0 fully saturated rings. The molecule has 3 N–H and O–H groups in total. The summed E-state index contributed by atoms with van der Waals surface area (Å²) < 4.78 is 4.85. The van der Waals surface area contributed by atoms with E-state index in [-0.39, 0.29) is 23.0 Å². The number of carbonyl (C=O) groups is 3. The molecule has 10 heteroatoms. The highest BCUT2D eigenvalue weighted by atomic mass is 32.1. The van der Waals surface area contributed by atoms with Crippen LogP contribution in [0.1, 0.15) is 31.2 Å². The van der Waals surface area contributed by atoms with Crippen molar-refractivity contribution in [2.75, 3.05) is 31.8 Å². The predicted octanol–water partition coefficient (Wildman–Crippen LogP) is 2.98. The fourth-order valence-corrected chi connectivity index (χ4v) is 4.01. The maximum atomic E-state index is 12.4. The Morgan fingerprint density at radius 1 is 1.17 bits per heavy atom. The number of methoxy groups -OCH3 is 1. The van der Waals surface area contributed by atoms with Crippen molar-refractivity contribution in [2.24, 2.45) is 0 Å². The van der Waals surface area contributed by atoms with Crippen LogP contribution in [0.3, 0.4) is 0 Å². The Bertz CT molecular complexity index is 951. The third kappa shape index (κ3) is 5.52. The molecule has 0 saturated heterocycles. The summed E-state index contributed by atoms with van der Waals surface area (Å²) in [5.41, 5.74) is 2.08. The second-order valence-electron chi connectivity index (χ2n) is 6.30. The van der Waals surface area contributed by atoms with E-state index in [2.05, 4.69) is 10.6 Å². The van der Waals surface area contributed by atoms with Crippen LogP contribution in [-0.4, -0.2) is 54.2 Å². The summed E-state index contributed by atoms with van der Waals surface area (Å²) in [4.78, 5) is 37.2. The lowest BCUT2D eigenvalue weighted by atomic mass is 10.1. The van der Waals surface area contributed by atoms with Gasteiger partial charge in [0.15, 0.2) is 5.11 Å². The number of thiocarbonyl (C=S) groups is 1. The molecule has 0 radical (unpaired) electrons. The third-order valence-electron chi connectivity index (χ3n) is 3.93. The molecule has 0 aliphatic heterocycles. The highest BCUT2D eigenvalue weighted by Gasteiger charge is 2.26. The van der Waals surface area contributed by atoms with E-state index in [9.17, 15) is 14.4 Å². The van der Waals surface area contributed by atoms with Gasteiger partial charge >= 0.3 is 11.9 Å². The second kappa shape index (κ2) is 9.48. The largest absolute Gasteiger partial charge is 0.481 e. The van der Waals surface area contributed by atoms with Gasteiger partial charge in [0.1, 0.15) is 5.00 Å². The Labute approximate surface area is 177 Å². The van der Waals surface area contributed by atoms with E-state index in [1.165, 1.54) is 12.0 Å². The average Bonchev–Trinajstić information content (AvgIpc) is 2.97. The first kappa shape index (κ1) is 22.3. The molecule has 0 atom stereocenters. The first-order valence-corrected chi connectivity index (χ1v) is 9.68. The summed E-state index contributed by atoms with van der Waals surface area (Å²) in [5, 5.41) is 15.4.